The third kappa shape index (κ3) is 2.39. The summed E-state index contributed by atoms with van der Waals surface area (Å²) in [5.41, 5.74) is 1.24. The minimum Gasteiger partial charge on any atom is -0.481 e. The number of carboxylic acid groups (broad SMARTS) is 1. The molecule has 0 bridgehead atoms. The molecule has 1 aliphatic heterocycles. The van der Waals surface area contributed by atoms with Crippen LogP contribution in [-0.4, -0.2) is 35.0 Å². The Bertz CT molecular complexity index is 690. The Balaban J connectivity index is 1.82. The number of benzene rings is 1. The minimum atomic E-state index is -0.775. The molecule has 0 saturated carbocycles. The number of fused-ring (bicyclic) bond motifs is 1. The monoisotopic (exact) mass is 287 g/mol. The van der Waals surface area contributed by atoms with E-state index in [1.807, 2.05) is 31.2 Å². The van der Waals surface area contributed by atoms with Crippen molar-refractivity contribution in [3.63, 3.8) is 0 Å². The van der Waals surface area contributed by atoms with Crippen molar-refractivity contribution in [2.24, 2.45) is 11.8 Å². The second-order valence-electron chi connectivity index (χ2n) is 5.61. The lowest BCUT2D eigenvalue weighted by molar-refractivity contribution is -0.145. The maximum Gasteiger partial charge on any atom is 0.306 e. The number of hydrogen-bond donors (Lipinski definition) is 1. The minimum absolute atomic E-state index is 0.0432. The van der Waals surface area contributed by atoms with Gasteiger partial charge in [-0.15, -0.1) is 0 Å². The summed E-state index contributed by atoms with van der Waals surface area (Å²) in [7, 11) is 0. The van der Waals surface area contributed by atoms with Crippen LogP contribution < -0.4 is 0 Å². The van der Waals surface area contributed by atoms with E-state index < -0.39 is 5.97 Å². The number of amides is 1. The van der Waals surface area contributed by atoms with Crippen LogP contribution in [0.4, 0.5) is 0 Å². The van der Waals surface area contributed by atoms with E-state index in [4.69, 9.17) is 9.52 Å². The first-order valence-corrected chi connectivity index (χ1v) is 7.06. The third-order valence-corrected chi connectivity index (χ3v) is 4.22. The lowest BCUT2D eigenvalue weighted by atomic mass is 9.87. The average molecular weight is 287 g/mol. The molecular formula is C16H17NO4. The van der Waals surface area contributed by atoms with Crippen molar-refractivity contribution in [2.75, 3.05) is 13.1 Å². The molecule has 0 spiro atoms. The van der Waals surface area contributed by atoms with Gasteiger partial charge in [0.25, 0.3) is 5.91 Å². The van der Waals surface area contributed by atoms with Gasteiger partial charge in [0, 0.05) is 18.5 Å². The molecule has 2 atom stereocenters. The Morgan fingerprint density at radius 3 is 2.81 bits per heavy atom. The predicted octanol–water partition coefficient (Wildman–Crippen LogP) is 2.62. The molecule has 2 heterocycles. The Labute approximate surface area is 122 Å². The number of para-hydroxylation sites is 1. The number of hydrogen-bond acceptors (Lipinski definition) is 3. The summed E-state index contributed by atoms with van der Waals surface area (Å²) >= 11 is 0. The Morgan fingerprint density at radius 1 is 1.33 bits per heavy atom. The topological polar surface area (TPSA) is 70.8 Å². The van der Waals surface area contributed by atoms with E-state index in [9.17, 15) is 9.59 Å². The number of piperidine rings is 1. The van der Waals surface area contributed by atoms with Crippen molar-refractivity contribution in [1.29, 1.82) is 0 Å². The van der Waals surface area contributed by atoms with E-state index in [1.165, 1.54) is 6.26 Å². The largest absolute Gasteiger partial charge is 0.481 e. The number of furan rings is 1. The molecule has 1 aromatic carbocycles. The molecule has 110 valence electrons. The number of carbonyl (C=O) groups excluding carboxylic acids is 1. The summed E-state index contributed by atoms with van der Waals surface area (Å²) in [6.07, 6.45) is 1.99. The number of nitrogens with zero attached hydrogens (tertiary/aromatic N) is 1. The van der Waals surface area contributed by atoms with Crippen molar-refractivity contribution in [1.82, 2.24) is 4.90 Å². The Hall–Kier alpha value is -2.30. The van der Waals surface area contributed by atoms with Crippen molar-refractivity contribution < 1.29 is 19.1 Å². The molecule has 1 saturated heterocycles. The van der Waals surface area contributed by atoms with Gasteiger partial charge in [0.2, 0.25) is 0 Å². The highest BCUT2D eigenvalue weighted by Gasteiger charge is 2.33. The number of carbonyl (C=O) groups is 2. The Kier molecular flexibility index (Phi) is 3.41. The van der Waals surface area contributed by atoms with E-state index in [0.717, 1.165) is 5.39 Å². The zero-order chi connectivity index (χ0) is 15.0. The van der Waals surface area contributed by atoms with Crippen LogP contribution in [0.25, 0.3) is 11.0 Å². The molecule has 0 radical (unpaired) electrons. The first-order valence-electron chi connectivity index (χ1n) is 7.06. The van der Waals surface area contributed by atoms with Gasteiger partial charge in [0.1, 0.15) is 11.8 Å². The Morgan fingerprint density at radius 2 is 2.10 bits per heavy atom. The normalized spacial score (nSPS) is 22.4. The maximum absolute atomic E-state index is 12.6. The van der Waals surface area contributed by atoms with Crippen LogP contribution in [0.2, 0.25) is 0 Å². The third-order valence-electron chi connectivity index (χ3n) is 4.22. The summed E-state index contributed by atoms with van der Waals surface area (Å²) < 4.78 is 5.41. The molecule has 1 aliphatic rings. The van der Waals surface area contributed by atoms with Gasteiger partial charge in [-0.2, -0.15) is 0 Å². The highest BCUT2D eigenvalue weighted by atomic mass is 16.4. The molecule has 1 fully saturated rings. The molecule has 1 amide bonds. The summed E-state index contributed by atoms with van der Waals surface area (Å²) in [6, 6.07) is 7.42. The number of aliphatic carboxylic acids is 1. The van der Waals surface area contributed by atoms with Crippen LogP contribution in [0.3, 0.4) is 0 Å². The van der Waals surface area contributed by atoms with Crippen molar-refractivity contribution in [3.8, 4) is 0 Å². The summed E-state index contributed by atoms with van der Waals surface area (Å²) in [6.45, 7) is 2.82. The SMILES string of the molecule is CC1CN(C(=O)c2coc3ccccc23)CCC1C(=O)O. The van der Waals surface area contributed by atoms with Gasteiger partial charge in [-0.1, -0.05) is 25.1 Å². The van der Waals surface area contributed by atoms with Crippen LogP contribution in [0.1, 0.15) is 23.7 Å². The van der Waals surface area contributed by atoms with Gasteiger partial charge < -0.3 is 14.4 Å². The van der Waals surface area contributed by atoms with Crippen LogP contribution in [0, 0.1) is 11.8 Å². The highest BCUT2D eigenvalue weighted by molar-refractivity contribution is 6.05. The molecule has 3 rings (SSSR count). The highest BCUT2D eigenvalue weighted by Crippen LogP contribution is 2.27. The average Bonchev–Trinajstić information content (AvgIpc) is 2.90. The van der Waals surface area contributed by atoms with E-state index in [1.54, 1.807) is 4.90 Å². The second kappa shape index (κ2) is 5.24. The van der Waals surface area contributed by atoms with E-state index >= 15 is 0 Å². The van der Waals surface area contributed by atoms with E-state index in [0.29, 0.717) is 30.7 Å². The first-order chi connectivity index (χ1) is 10.1. The van der Waals surface area contributed by atoms with Gasteiger partial charge >= 0.3 is 5.97 Å². The van der Waals surface area contributed by atoms with Crippen molar-refractivity contribution >= 4 is 22.8 Å². The van der Waals surface area contributed by atoms with Gasteiger partial charge in [-0.3, -0.25) is 9.59 Å². The fraction of sp³-hybridized carbons (Fsp3) is 0.375. The molecule has 5 nitrogen and oxygen atoms in total. The van der Waals surface area contributed by atoms with Crippen molar-refractivity contribution in [3.05, 3.63) is 36.1 Å². The summed E-state index contributed by atoms with van der Waals surface area (Å²) in [5.74, 6) is -1.27. The molecular weight excluding hydrogens is 270 g/mol. The zero-order valence-electron chi connectivity index (χ0n) is 11.8. The molecule has 1 aromatic heterocycles. The fourth-order valence-corrected chi connectivity index (χ4v) is 3.01. The summed E-state index contributed by atoms with van der Waals surface area (Å²) in [4.78, 5) is 25.5. The summed E-state index contributed by atoms with van der Waals surface area (Å²) in [5, 5.41) is 9.94. The van der Waals surface area contributed by atoms with Crippen molar-refractivity contribution in [2.45, 2.75) is 13.3 Å². The number of likely N-dealkylation sites (tertiary alicyclic amines) is 1. The molecule has 1 N–H and O–H groups in total. The quantitative estimate of drug-likeness (QED) is 0.921. The zero-order valence-corrected chi connectivity index (χ0v) is 11.8. The van der Waals surface area contributed by atoms with Crippen LogP contribution in [-0.2, 0) is 4.79 Å². The van der Waals surface area contributed by atoms with Gasteiger partial charge in [0.15, 0.2) is 0 Å². The van der Waals surface area contributed by atoms with E-state index in [2.05, 4.69) is 0 Å². The lowest BCUT2D eigenvalue weighted by Crippen LogP contribution is -2.44. The standard InChI is InChI=1S/C16H17NO4/c1-10-8-17(7-6-11(10)16(19)20)15(18)13-9-21-14-5-3-2-4-12(13)14/h2-5,9-11H,6-8H2,1H3,(H,19,20). The molecule has 21 heavy (non-hydrogen) atoms. The second-order valence-corrected chi connectivity index (χ2v) is 5.61. The number of carboxylic acids is 1. The van der Waals surface area contributed by atoms with Gasteiger partial charge in [-0.25, -0.2) is 0 Å². The molecule has 2 unspecified atom stereocenters. The van der Waals surface area contributed by atoms with Crippen LogP contribution in [0.15, 0.2) is 34.9 Å². The van der Waals surface area contributed by atoms with Crippen LogP contribution >= 0.6 is 0 Å². The van der Waals surface area contributed by atoms with E-state index in [-0.39, 0.29) is 17.7 Å². The lowest BCUT2D eigenvalue weighted by Gasteiger charge is -2.34. The smallest absolute Gasteiger partial charge is 0.306 e. The van der Waals surface area contributed by atoms with Gasteiger partial charge in [0.05, 0.1) is 11.5 Å². The molecule has 0 aliphatic carbocycles. The molecule has 5 heteroatoms. The first kappa shape index (κ1) is 13.7. The molecule has 2 aromatic rings. The maximum atomic E-state index is 12.6. The van der Waals surface area contributed by atoms with Gasteiger partial charge in [-0.05, 0) is 18.4 Å². The van der Waals surface area contributed by atoms with Crippen LogP contribution in [0.5, 0.6) is 0 Å². The number of rotatable bonds is 2. The fourth-order valence-electron chi connectivity index (χ4n) is 3.01. The predicted molar refractivity (Wildman–Crippen MR) is 77.0 cm³/mol.